The number of thioether (sulfide) groups is 1. The summed E-state index contributed by atoms with van der Waals surface area (Å²) in [6.45, 7) is 4.13. The topological polar surface area (TPSA) is 92.2 Å². The zero-order valence-electron chi connectivity index (χ0n) is 12.9. The molecule has 2 rings (SSSR count). The molecule has 1 heterocycles. The number of aryl methyl sites for hydroxylation is 2. The van der Waals surface area contributed by atoms with E-state index in [4.69, 9.17) is 5.11 Å². The van der Waals surface area contributed by atoms with Crippen LogP contribution in [0.15, 0.2) is 35.5 Å². The number of rotatable bonds is 6. The first-order valence-corrected chi connectivity index (χ1v) is 7.96. The van der Waals surface area contributed by atoms with Gasteiger partial charge in [-0.25, -0.2) is 14.8 Å². The molecule has 23 heavy (non-hydrogen) atoms. The first-order chi connectivity index (χ1) is 10.9. The van der Waals surface area contributed by atoms with Gasteiger partial charge in [-0.05, 0) is 37.6 Å². The van der Waals surface area contributed by atoms with Crippen LogP contribution in [0.3, 0.4) is 0 Å². The van der Waals surface area contributed by atoms with Gasteiger partial charge in [-0.2, -0.15) is 0 Å². The lowest BCUT2D eigenvalue weighted by molar-refractivity contribution is -0.118. The van der Waals surface area contributed by atoms with E-state index in [2.05, 4.69) is 15.3 Å². The van der Waals surface area contributed by atoms with Crippen molar-refractivity contribution in [2.24, 2.45) is 0 Å². The Morgan fingerprint density at radius 2 is 1.74 bits per heavy atom. The fourth-order valence-electron chi connectivity index (χ4n) is 1.91. The van der Waals surface area contributed by atoms with Gasteiger partial charge in [0.25, 0.3) is 0 Å². The van der Waals surface area contributed by atoms with Crippen molar-refractivity contribution in [1.29, 1.82) is 0 Å². The van der Waals surface area contributed by atoms with Crippen LogP contribution in [0.25, 0.3) is 0 Å². The van der Waals surface area contributed by atoms with E-state index in [1.165, 1.54) is 23.9 Å². The molecule has 2 N–H and O–H groups in total. The van der Waals surface area contributed by atoms with Gasteiger partial charge >= 0.3 is 5.97 Å². The van der Waals surface area contributed by atoms with Crippen molar-refractivity contribution < 1.29 is 14.7 Å². The van der Waals surface area contributed by atoms with Crippen LogP contribution in [0, 0.1) is 13.8 Å². The normalized spacial score (nSPS) is 10.3. The summed E-state index contributed by atoms with van der Waals surface area (Å²) in [5.41, 5.74) is 2.82. The molecule has 6 nitrogen and oxygen atoms in total. The number of benzene rings is 1. The molecule has 0 atom stereocenters. The number of aromatic nitrogens is 2. The summed E-state index contributed by atoms with van der Waals surface area (Å²) >= 11 is 1.29. The van der Waals surface area contributed by atoms with E-state index < -0.39 is 5.97 Å². The summed E-state index contributed by atoms with van der Waals surface area (Å²) in [5, 5.41) is 12.2. The lowest BCUT2D eigenvalue weighted by Crippen LogP contribution is -2.24. The number of hydrogen-bond donors (Lipinski definition) is 2. The number of carbonyl (C=O) groups excluding carboxylic acids is 1. The van der Waals surface area contributed by atoms with E-state index >= 15 is 0 Å². The predicted molar refractivity (Wildman–Crippen MR) is 87.5 cm³/mol. The number of amides is 1. The van der Waals surface area contributed by atoms with Crippen molar-refractivity contribution in [3.8, 4) is 0 Å². The maximum atomic E-state index is 11.9. The molecule has 2 aromatic rings. The first-order valence-electron chi connectivity index (χ1n) is 6.98. The van der Waals surface area contributed by atoms with E-state index in [9.17, 15) is 9.59 Å². The minimum Gasteiger partial charge on any atom is -0.478 e. The van der Waals surface area contributed by atoms with Crippen LogP contribution in [-0.2, 0) is 11.3 Å². The van der Waals surface area contributed by atoms with Crippen LogP contribution < -0.4 is 5.32 Å². The van der Waals surface area contributed by atoms with Gasteiger partial charge in [-0.15, -0.1) is 0 Å². The maximum absolute atomic E-state index is 11.9. The molecule has 1 amide bonds. The van der Waals surface area contributed by atoms with Crippen molar-refractivity contribution in [3.63, 3.8) is 0 Å². The Labute approximate surface area is 138 Å². The van der Waals surface area contributed by atoms with Crippen LogP contribution >= 0.6 is 11.8 Å². The Balaban J connectivity index is 1.81. The summed E-state index contributed by atoms with van der Waals surface area (Å²) in [6.07, 6.45) is 0. The molecule has 0 spiro atoms. The largest absolute Gasteiger partial charge is 0.478 e. The van der Waals surface area contributed by atoms with Gasteiger partial charge in [-0.3, -0.25) is 4.79 Å². The second kappa shape index (κ2) is 7.73. The summed E-state index contributed by atoms with van der Waals surface area (Å²) in [7, 11) is 0. The summed E-state index contributed by atoms with van der Waals surface area (Å²) in [5.74, 6) is -0.860. The van der Waals surface area contributed by atoms with Gasteiger partial charge in [0.15, 0.2) is 5.16 Å². The minimum atomic E-state index is -0.967. The minimum absolute atomic E-state index is 0.125. The van der Waals surface area contributed by atoms with E-state index in [0.717, 1.165) is 17.0 Å². The van der Waals surface area contributed by atoms with Crippen molar-refractivity contribution in [1.82, 2.24) is 15.3 Å². The van der Waals surface area contributed by atoms with Crippen LogP contribution in [0.4, 0.5) is 0 Å². The van der Waals surface area contributed by atoms with Crippen LogP contribution in [0.5, 0.6) is 0 Å². The molecule has 1 aromatic heterocycles. The fourth-order valence-corrected chi connectivity index (χ4v) is 2.68. The zero-order chi connectivity index (χ0) is 16.8. The Kier molecular flexibility index (Phi) is 5.70. The molecule has 120 valence electrons. The quantitative estimate of drug-likeness (QED) is 0.623. The third-order valence-corrected chi connectivity index (χ3v) is 3.83. The molecule has 0 saturated heterocycles. The third kappa shape index (κ3) is 5.37. The Morgan fingerprint density at radius 1 is 1.13 bits per heavy atom. The fraction of sp³-hybridized carbons (Fsp3) is 0.250. The number of nitrogens with one attached hydrogen (secondary N) is 1. The van der Waals surface area contributed by atoms with Gasteiger partial charge in [-0.1, -0.05) is 23.9 Å². The highest BCUT2D eigenvalue weighted by molar-refractivity contribution is 7.99. The van der Waals surface area contributed by atoms with Gasteiger partial charge in [0.2, 0.25) is 5.91 Å². The number of carbonyl (C=O) groups is 2. The standard InChI is InChI=1S/C16H17N3O3S/c1-10-7-11(2)19-16(18-10)23-9-14(20)17-8-12-3-5-13(6-4-12)15(21)22/h3-7H,8-9H2,1-2H3,(H,17,20)(H,21,22). The van der Waals surface area contributed by atoms with Crippen molar-refractivity contribution in [2.45, 2.75) is 25.5 Å². The van der Waals surface area contributed by atoms with Crippen LogP contribution in [0.1, 0.15) is 27.3 Å². The summed E-state index contributed by atoms with van der Waals surface area (Å²) in [6, 6.07) is 8.28. The molecule has 0 aliphatic rings. The number of aromatic carboxylic acids is 1. The molecular formula is C16H17N3O3S. The molecule has 0 unspecified atom stereocenters. The van der Waals surface area contributed by atoms with Gasteiger partial charge < -0.3 is 10.4 Å². The van der Waals surface area contributed by atoms with Crippen molar-refractivity contribution in [3.05, 3.63) is 52.8 Å². The van der Waals surface area contributed by atoms with Crippen LogP contribution in [0.2, 0.25) is 0 Å². The maximum Gasteiger partial charge on any atom is 0.335 e. The predicted octanol–water partition coefficient (Wildman–Crippen LogP) is 2.20. The average molecular weight is 331 g/mol. The monoisotopic (exact) mass is 331 g/mol. The van der Waals surface area contributed by atoms with Gasteiger partial charge in [0.05, 0.1) is 11.3 Å². The molecule has 0 saturated carbocycles. The van der Waals surface area contributed by atoms with Gasteiger partial charge in [0.1, 0.15) is 0 Å². The number of carboxylic acid groups (broad SMARTS) is 1. The smallest absolute Gasteiger partial charge is 0.335 e. The molecule has 0 fully saturated rings. The Morgan fingerprint density at radius 3 is 2.30 bits per heavy atom. The SMILES string of the molecule is Cc1cc(C)nc(SCC(=O)NCc2ccc(C(=O)O)cc2)n1. The molecule has 0 bridgehead atoms. The molecular weight excluding hydrogens is 314 g/mol. The zero-order valence-corrected chi connectivity index (χ0v) is 13.7. The van der Waals surface area contributed by atoms with Crippen LogP contribution in [-0.4, -0.2) is 32.7 Å². The summed E-state index contributed by atoms with van der Waals surface area (Å²) in [4.78, 5) is 31.1. The lowest BCUT2D eigenvalue weighted by Gasteiger charge is -2.06. The van der Waals surface area contributed by atoms with E-state index in [1.807, 2.05) is 19.9 Å². The highest BCUT2D eigenvalue weighted by atomic mass is 32.2. The van der Waals surface area contributed by atoms with Gasteiger partial charge in [0, 0.05) is 17.9 Å². The molecule has 7 heteroatoms. The third-order valence-electron chi connectivity index (χ3n) is 2.98. The number of hydrogen-bond acceptors (Lipinski definition) is 5. The Hall–Kier alpha value is -2.41. The first kappa shape index (κ1) is 17.0. The number of carboxylic acids is 1. The van der Waals surface area contributed by atoms with E-state index in [1.54, 1.807) is 12.1 Å². The highest BCUT2D eigenvalue weighted by Crippen LogP contribution is 2.13. The second-order valence-electron chi connectivity index (χ2n) is 5.00. The summed E-state index contributed by atoms with van der Waals surface area (Å²) < 4.78 is 0. The van der Waals surface area contributed by atoms with Crippen molar-refractivity contribution >= 4 is 23.6 Å². The van der Waals surface area contributed by atoms with E-state index in [-0.39, 0.29) is 17.2 Å². The number of nitrogens with zero attached hydrogens (tertiary/aromatic N) is 2. The van der Waals surface area contributed by atoms with Crippen molar-refractivity contribution in [2.75, 3.05) is 5.75 Å². The average Bonchev–Trinajstić information content (AvgIpc) is 2.50. The molecule has 0 aliphatic carbocycles. The Bertz CT molecular complexity index is 697. The van der Waals surface area contributed by atoms with E-state index in [0.29, 0.717) is 11.7 Å². The second-order valence-corrected chi connectivity index (χ2v) is 5.94. The molecule has 0 radical (unpaired) electrons. The molecule has 1 aromatic carbocycles. The molecule has 0 aliphatic heterocycles. The highest BCUT2D eigenvalue weighted by Gasteiger charge is 2.07. The lowest BCUT2D eigenvalue weighted by atomic mass is 10.1.